The van der Waals surface area contributed by atoms with Crippen molar-refractivity contribution in [3.8, 4) is 0 Å². The van der Waals surface area contributed by atoms with E-state index in [0.29, 0.717) is 5.92 Å². The zero-order chi connectivity index (χ0) is 16.3. The van der Waals surface area contributed by atoms with Crippen LogP contribution >= 0.6 is 15.9 Å². The lowest BCUT2D eigenvalue weighted by Gasteiger charge is -2.33. The predicted octanol–water partition coefficient (Wildman–Crippen LogP) is 4.95. The standard InChI is InChI=1S/C18H26BrNO2/c1-13-11-15(5-6-16(13)19)12-14-7-9-20(10-8-14)17(21)22-18(2,3)4/h5-6,11,14H,7-10,12H2,1-4H3. The summed E-state index contributed by atoms with van der Waals surface area (Å²) in [5.41, 5.74) is 2.25. The van der Waals surface area contributed by atoms with Crippen LogP contribution in [0.3, 0.4) is 0 Å². The lowest BCUT2D eigenvalue weighted by Crippen LogP contribution is -2.42. The molecule has 2 rings (SSSR count). The van der Waals surface area contributed by atoms with Gasteiger partial charge in [-0.3, -0.25) is 0 Å². The Balaban J connectivity index is 1.84. The summed E-state index contributed by atoms with van der Waals surface area (Å²) in [6.45, 7) is 9.46. The number of ether oxygens (including phenoxy) is 1. The van der Waals surface area contributed by atoms with Crippen molar-refractivity contribution < 1.29 is 9.53 Å². The smallest absolute Gasteiger partial charge is 0.410 e. The maximum Gasteiger partial charge on any atom is 0.410 e. The molecule has 1 aliphatic rings. The molecule has 1 fully saturated rings. The van der Waals surface area contributed by atoms with Crippen molar-refractivity contribution in [2.75, 3.05) is 13.1 Å². The molecule has 0 N–H and O–H groups in total. The van der Waals surface area contributed by atoms with Crippen molar-refractivity contribution in [2.45, 2.75) is 52.6 Å². The zero-order valence-electron chi connectivity index (χ0n) is 14.0. The second kappa shape index (κ2) is 7.03. The maximum absolute atomic E-state index is 12.1. The molecule has 0 unspecified atom stereocenters. The fourth-order valence-corrected chi connectivity index (χ4v) is 3.06. The van der Waals surface area contributed by atoms with Crippen LogP contribution < -0.4 is 0 Å². The molecule has 1 amide bonds. The molecule has 0 atom stereocenters. The second-order valence-corrected chi connectivity index (χ2v) is 8.05. The number of benzene rings is 1. The first-order chi connectivity index (χ1) is 10.2. The van der Waals surface area contributed by atoms with Crippen LogP contribution in [0.1, 0.15) is 44.7 Å². The van der Waals surface area contributed by atoms with Gasteiger partial charge >= 0.3 is 6.09 Å². The summed E-state index contributed by atoms with van der Waals surface area (Å²) in [7, 11) is 0. The van der Waals surface area contributed by atoms with Gasteiger partial charge in [-0.1, -0.05) is 28.1 Å². The van der Waals surface area contributed by atoms with Gasteiger partial charge in [-0.15, -0.1) is 0 Å². The van der Waals surface area contributed by atoms with E-state index in [2.05, 4.69) is 41.1 Å². The largest absolute Gasteiger partial charge is 0.444 e. The molecule has 1 aromatic carbocycles. The number of rotatable bonds is 2. The van der Waals surface area contributed by atoms with Crippen LogP contribution in [0.2, 0.25) is 0 Å². The molecule has 4 heteroatoms. The van der Waals surface area contributed by atoms with Crippen molar-refractivity contribution in [2.24, 2.45) is 5.92 Å². The fraction of sp³-hybridized carbons (Fsp3) is 0.611. The van der Waals surface area contributed by atoms with Crippen LogP contribution in [0.4, 0.5) is 4.79 Å². The van der Waals surface area contributed by atoms with Gasteiger partial charge in [-0.05, 0) is 70.1 Å². The van der Waals surface area contributed by atoms with Gasteiger partial charge in [0.2, 0.25) is 0 Å². The van der Waals surface area contributed by atoms with E-state index in [0.717, 1.165) is 36.8 Å². The highest BCUT2D eigenvalue weighted by atomic mass is 79.9. The summed E-state index contributed by atoms with van der Waals surface area (Å²) in [4.78, 5) is 13.9. The summed E-state index contributed by atoms with van der Waals surface area (Å²) in [6, 6.07) is 6.57. The van der Waals surface area contributed by atoms with Crippen LogP contribution in [0.5, 0.6) is 0 Å². The monoisotopic (exact) mass is 367 g/mol. The van der Waals surface area contributed by atoms with Crippen molar-refractivity contribution in [3.63, 3.8) is 0 Å². The van der Waals surface area contributed by atoms with Crippen molar-refractivity contribution >= 4 is 22.0 Å². The molecule has 1 aromatic rings. The van der Waals surface area contributed by atoms with E-state index >= 15 is 0 Å². The number of aryl methyl sites for hydroxylation is 1. The number of amides is 1. The Bertz CT molecular complexity index is 528. The molecule has 0 aliphatic carbocycles. The second-order valence-electron chi connectivity index (χ2n) is 7.20. The average molecular weight is 368 g/mol. The van der Waals surface area contributed by atoms with Crippen LogP contribution in [-0.2, 0) is 11.2 Å². The molecule has 1 saturated heterocycles. The molecule has 22 heavy (non-hydrogen) atoms. The van der Waals surface area contributed by atoms with Gasteiger partial charge in [0.15, 0.2) is 0 Å². The molecule has 0 aromatic heterocycles. The lowest BCUT2D eigenvalue weighted by atomic mass is 9.90. The Kier molecular flexibility index (Phi) is 5.54. The van der Waals surface area contributed by atoms with E-state index in [1.54, 1.807) is 0 Å². The number of piperidine rings is 1. The van der Waals surface area contributed by atoms with Crippen molar-refractivity contribution in [3.05, 3.63) is 33.8 Å². The Labute approximate surface area is 142 Å². The highest BCUT2D eigenvalue weighted by molar-refractivity contribution is 9.10. The lowest BCUT2D eigenvalue weighted by molar-refractivity contribution is 0.0184. The Morgan fingerprint density at radius 3 is 2.50 bits per heavy atom. The molecular weight excluding hydrogens is 342 g/mol. The molecule has 122 valence electrons. The minimum atomic E-state index is -0.414. The van der Waals surface area contributed by atoms with Crippen LogP contribution in [0, 0.1) is 12.8 Å². The SMILES string of the molecule is Cc1cc(CC2CCN(C(=O)OC(C)(C)C)CC2)ccc1Br. The van der Waals surface area contributed by atoms with Gasteiger partial charge in [0.25, 0.3) is 0 Å². The molecule has 0 saturated carbocycles. The van der Waals surface area contributed by atoms with Gasteiger partial charge in [0, 0.05) is 17.6 Å². The third kappa shape index (κ3) is 5.01. The molecule has 1 aliphatic heterocycles. The first-order valence-corrected chi connectivity index (χ1v) is 8.77. The predicted molar refractivity (Wildman–Crippen MR) is 93.1 cm³/mol. The molecule has 3 nitrogen and oxygen atoms in total. The Hall–Kier alpha value is -1.03. The normalized spacial score (nSPS) is 16.7. The van der Waals surface area contributed by atoms with Gasteiger partial charge in [-0.2, -0.15) is 0 Å². The first-order valence-electron chi connectivity index (χ1n) is 7.97. The fourth-order valence-electron chi connectivity index (χ4n) is 2.81. The zero-order valence-corrected chi connectivity index (χ0v) is 15.6. The third-order valence-corrected chi connectivity index (χ3v) is 4.90. The van der Waals surface area contributed by atoms with E-state index in [9.17, 15) is 4.79 Å². The number of likely N-dealkylation sites (tertiary alicyclic amines) is 1. The maximum atomic E-state index is 12.1. The minimum absolute atomic E-state index is 0.176. The number of carbonyl (C=O) groups excluding carboxylic acids is 1. The molecular formula is C18H26BrNO2. The van der Waals surface area contributed by atoms with E-state index < -0.39 is 5.60 Å². The quantitative estimate of drug-likeness (QED) is 0.740. The van der Waals surface area contributed by atoms with Gasteiger partial charge in [0.05, 0.1) is 0 Å². The van der Waals surface area contributed by atoms with E-state index in [4.69, 9.17) is 4.74 Å². The summed E-state index contributed by atoms with van der Waals surface area (Å²) in [6.07, 6.45) is 3.02. The van der Waals surface area contributed by atoms with Gasteiger partial charge < -0.3 is 9.64 Å². The number of carbonyl (C=O) groups is 1. The van der Waals surface area contributed by atoms with Gasteiger partial charge in [0.1, 0.15) is 5.60 Å². The Morgan fingerprint density at radius 2 is 1.95 bits per heavy atom. The first kappa shape index (κ1) is 17.3. The molecule has 1 heterocycles. The summed E-state index contributed by atoms with van der Waals surface area (Å²) >= 11 is 3.54. The highest BCUT2D eigenvalue weighted by Gasteiger charge is 2.26. The van der Waals surface area contributed by atoms with Gasteiger partial charge in [-0.25, -0.2) is 4.79 Å². The number of hydrogen-bond acceptors (Lipinski definition) is 2. The van der Waals surface area contributed by atoms with E-state index in [1.165, 1.54) is 11.1 Å². The van der Waals surface area contributed by atoms with Crippen LogP contribution in [0.15, 0.2) is 22.7 Å². The third-order valence-electron chi connectivity index (χ3n) is 4.01. The highest BCUT2D eigenvalue weighted by Crippen LogP contribution is 2.25. The summed E-state index contributed by atoms with van der Waals surface area (Å²) in [5, 5.41) is 0. The minimum Gasteiger partial charge on any atom is -0.444 e. The number of nitrogens with zero attached hydrogens (tertiary/aromatic N) is 1. The number of halogens is 1. The van der Waals surface area contributed by atoms with Crippen LogP contribution in [-0.4, -0.2) is 29.7 Å². The van der Waals surface area contributed by atoms with Crippen molar-refractivity contribution in [1.82, 2.24) is 4.90 Å². The summed E-state index contributed by atoms with van der Waals surface area (Å²) < 4.78 is 6.60. The van der Waals surface area contributed by atoms with E-state index in [1.807, 2.05) is 25.7 Å². The summed E-state index contributed by atoms with van der Waals surface area (Å²) in [5.74, 6) is 0.652. The van der Waals surface area contributed by atoms with E-state index in [-0.39, 0.29) is 6.09 Å². The average Bonchev–Trinajstić information content (AvgIpc) is 2.42. The van der Waals surface area contributed by atoms with Crippen molar-refractivity contribution in [1.29, 1.82) is 0 Å². The topological polar surface area (TPSA) is 29.5 Å². The van der Waals surface area contributed by atoms with Crippen LogP contribution in [0.25, 0.3) is 0 Å². The molecule has 0 bridgehead atoms. The Morgan fingerprint density at radius 1 is 1.32 bits per heavy atom. The number of hydrogen-bond donors (Lipinski definition) is 0. The molecule has 0 radical (unpaired) electrons. The molecule has 0 spiro atoms.